The fourth-order valence-electron chi connectivity index (χ4n) is 9.45. The van der Waals surface area contributed by atoms with E-state index in [0.29, 0.717) is 23.7 Å². The third-order valence-electron chi connectivity index (χ3n) is 11.0. The molecule has 3 heteroatoms. The minimum atomic E-state index is -0.312. The Balaban J connectivity index is 1.50. The summed E-state index contributed by atoms with van der Waals surface area (Å²) in [5.74, 6) is 5.33. The molecule has 174 valence electrons. The molecule has 4 saturated carbocycles. The molecule has 1 unspecified atom stereocenters. The third-order valence-corrected chi connectivity index (χ3v) is 11.0. The molecule has 4 aliphatic carbocycles. The number of fused-ring (bicyclic) bond motifs is 5. The summed E-state index contributed by atoms with van der Waals surface area (Å²) in [6.07, 6.45) is 13.1. The Morgan fingerprint density at radius 1 is 0.933 bits per heavy atom. The van der Waals surface area contributed by atoms with Crippen LogP contribution in [0.2, 0.25) is 0 Å². The summed E-state index contributed by atoms with van der Waals surface area (Å²) >= 11 is 0. The largest absolute Gasteiger partial charge is 0.393 e. The van der Waals surface area contributed by atoms with Crippen molar-refractivity contribution in [3.05, 3.63) is 0 Å². The molecule has 0 aromatic heterocycles. The lowest BCUT2D eigenvalue weighted by molar-refractivity contribution is -0.338. The van der Waals surface area contributed by atoms with Gasteiger partial charge in [0.25, 0.3) is 0 Å². The van der Waals surface area contributed by atoms with E-state index in [4.69, 9.17) is 4.89 Å². The highest BCUT2D eigenvalue weighted by Crippen LogP contribution is 2.68. The second-order valence-electron chi connectivity index (χ2n) is 12.8. The molecule has 0 aromatic carbocycles. The molecule has 0 heterocycles. The summed E-state index contributed by atoms with van der Waals surface area (Å²) in [4.78, 5) is 5.08. The highest BCUT2D eigenvalue weighted by atomic mass is 17.1. The molecular formula is C27H48O3. The minimum Gasteiger partial charge on any atom is -0.393 e. The van der Waals surface area contributed by atoms with Gasteiger partial charge in [0.1, 0.15) is 6.10 Å². The van der Waals surface area contributed by atoms with Crippen molar-refractivity contribution in [2.75, 3.05) is 0 Å². The van der Waals surface area contributed by atoms with E-state index in [0.717, 1.165) is 36.0 Å². The van der Waals surface area contributed by atoms with Crippen LogP contribution in [0.25, 0.3) is 0 Å². The van der Waals surface area contributed by atoms with E-state index in [9.17, 15) is 10.4 Å². The quantitative estimate of drug-likeness (QED) is 0.361. The zero-order valence-corrected chi connectivity index (χ0v) is 20.3. The van der Waals surface area contributed by atoms with Crippen LogP contribution in [0.4, 0.5) is 0 Å². The molecule has 0 saturated heterocycles. The summed E-state index contributed by atoms with van der Waals surface area (Å²) in [5, 5.41) is 20.1. The van der Waals surface area contributed by atoms with Crippen LogP contribution in [-0.4, -0.2) is 22.6 Å². The van der Waals surface area contributed by atoms with Gasteiger partial charge >= 0.3 is 0 Å². The molecule has 30 heavy (non-hydrogen) atoms. The van der Waals surface area contributed by atoms with E-state index >= 15 is 0 Å². The van der Waals surface area contributed by atoms with Gasteiger partial charge in [-0.3, -0.25) is 5.26 Å². The minimum absolute atomic E-state index is 0.0270. The van der Waals surface area contributed by atoms with Crippen LogP contribution in [0.1, 0.15) is 105 Å². The fraction of sp³-hybridized carbons (Fsp3) is 1.00. The molecule has 4 rings (SSSR count). The van der Waals surface area contributed by atoms with Crippen LogP contribution in [-0.2, 0) is 4.89 Å². The van der Waals surface area contributed by atoms with Crippen LogP contribution in [0.3, 0.4) is 0 Å². The lowest BCUT2D eigenvalue weighted by Crippen LogP contribution is -2.59. The molecule has 4 aliphatic rings. The van der Waals surface area contributed by atoms with Gasteiger partial charge in [-0.05, 0) is 91.8 Å². The van der Waals surface area contributed by atoms with Crippen molar-refractivity contribution in [1.82, 2.24) is 0 Å². The fourth-order valence-corrected chi connectivity index (χ4v) is 9.45. The number of aliphatic hydroxyl groups excluding tert-OH is 1. The van der Waals surface area contributed by atoms with Crippen molar-refractivity contribution >= 4 is 0 Å². The number of hydrogen-bond donors (Lipinski definition) is 2. The summed E-state index contributed by atoms with van der Waals surface area (Å²) in [6.45, 7) is 12.3. The topological polar surface area (TPSA) is 49.7 Å². The Labute approximate surface area is 185 Å². The summed E-state index contributed by atoms with van der Waals surface area (Å²) < 4.78 is 0. The van der Waals surface area contributed by atoms with Crippen molar-refractivity contribution in [2.45, 2.75) is 117 Å². The monoisotopic (exact) mass is 420 g/mol. The maximum absolute atomic E-state index is 10.4. The molecule has 10 atom stereocenters. The van der Waals surface area contributed by atoms with Crippen LogP contribution < -0.4 is 0 Å². The SMILES string of the molecule is CC(C)CCC[C@@H](C)[C@H]1CC[C@H]2[C@H]3CC[C@@H]4C[C@H](O)CC(OO)[C@]4(C)[C@H]3CC[C@]12C. The van der Waals surface area contributed by atoms with Gasteiger partial charge in [-0.2, -0.15) is 0 Å². The van der Waals surface area contributed by atoms with Crippen molar-refractivity contribution in [3.63, 3.8) is 0 Å². The Kier molecular flexibility index (Phi) is 6.66. The number of rotatable bonds is 6. The molecule has 0 bridgehead atoms. The zero-order chi connectivity index (χ0) is 21.7. The van der Waals surface area contributed by atoms with Gasteiger partial charge in [-0.15, -0.1) is 0 Å². The lowest BCUT2D eigenvalue weighted by Gasteiger charge is -2.62. The molecule has 4 fully saturated rings. The molecule has 0 aromatic rings. The lowest BCUT2D eigenvalue weighted by atomic mass is 9.43. The Morgan fingerprint density at radius 2 is 1.70 bits per heavy atom. The molecule has 0 radical (unpaired) electrons. The maximum atomic E-state index is 10.4. The standard InChI is InChI=1S/C27H48O3/c1-17(2)7-6-8-18(3)22-11-12-23-21-10-9-19-15-20(28)16-25(30-29)27(19,5)24(21)13-14-26(22,23)4/h17-25,28-29H,6-16H2,1-5H3/t18-,19-,20+,21-,22-,23+,24+,25?,26-,27+/m1/s1. The van der Waals surface area contributed by atoms with Gasteiger partial charge < -0.3 is 5.11 Å². The highest BCUT2D eigenvalue weighted by molar-refractivity contribution is 5.11. The van der Waals surface area contributed by atoms with Crippen LogP contribution in [0, 0.1) is 52.3 Å². The predicted octanol–water partition coefficient (Wildman–Crippen LogP) is 6.94. The molecule has 0 amide bonds. The van der Waals surface area contributed by atoms with E-state index < -0.39 is 0 Å². The Bertz CT molecular complexity index is 581. The molecule has 0 spiro atoms. The van der Waals surface area contributed by atoms with E-state index in [1.165, 1.54) is 57.8 Å². The van der Waals surface area contributed by atoms with Crippen molar-refractivity contribution in [1.29, 1.82) is 0 Å². The van der Waals surface area contributed by atoms with Gasteiger partial charge in [-0.25, -0.2) is 4.89 Å². The second-order valence-corrected chi connectivity index (χ2v) is 12.8. The first kappa shape index (κ1) is 23.1. The number of hydrogen-bond acceptors (Lipinski definition) is 3. The molecule has 0 aliphatic heterocycles. The smallest absolute Gasteiger partial charge is 0.101 e. The van der Waals surface area contributed by atoms with Crippen LogP contribution in [0.5, 0.6) is 0 Å². The summed E-state index contributed by atoms with van der Waals surface area (Å²) in [5.41, 5.74) is 0.532. The van der Waals surface area contributed by atoms with Crippen LogP contribution >= 0.6 is 0 Å². The van der Waals surface area contributed by atoms with Gasteiger partial charge in [0, 0.05) is 11.8 Å². The van der Waals surface area contributed by atoms with Gasteiger partial charge in [0.15, 0.2) is 0 Å². The first-order valence-electron chi connectivity index (χ1n) is 13.2. The normalized spacial score (nSPS) is 49.4. The van der Waals surface area contributed by atoms with Gasteiger partial charge in [0.05, 0.1) is 6.10 Å². The maximum Gasteiger partial charge on any atom is 0.101 e. The Morgan fingerprint density at radius 3 is 2.40 bits per heavy atom. The summed E-state index contributed by atoms with van der Waals surface area (Å²) in [6, 6.07) is 0. The average Bonchev–Trinajstić information content (AvgIpc) is 3.05. The van der Waals surface area contributed by atoms with Crippen LogP contribution in [0.15, 0.2) is 0 Å². The average molecular weight is 421 g/mol. The second kappa shape index (κ2) is 8.67. The highest BCUT2D eigenvalue weighted by Gasteiger charge is 2.63. The van der Waals surface area contributed by atoms with Crippen molar-refractivity contribution in [2.24, 2.45) is 52.3 Å². The first-order chi connectivity index (χ1) is 14.2. The predicted molar refractivity (Wildman–Crippen MR) is 122 cm³/mol. The molecule has 3 nitrogen and oxygen atoms in total. The molecular weight excluding hydrogens is 372 g/mol. The van der Waals surface area contributed by atoms with Gasteiger partial charge in [0.2, 0.25) is 0 Å². The number of aliphatic hydroxyl groups is 1. The van der Waals surface area contributed by atoms with E-state index in [2.05, 4.69) is 34.6 Å². The van der Waals surface area contributed by atoms with Crippen molar-refractivity contribution in [3.8, 4) is 0 Å². The van der Waals surface area contributed by atoms with E-state index in [-0.39, 0.29) is 17.6 Å². The van der Waals surface area contributed by atoms with E-state index in [1.54, 1.807) is 0 Å². The Hall–Kier alpha value is -0.120. The molecule has 2 N–H and O–H groups in total. The zero-order valence-electron chi connectivity index (χ0n) is 20.3. The van der Waals surface area contributed by atoms with E-state index in [1.807, 2.05) is 0 Å². The summed E-state index contributed by atoms with van der Waals surface area (Å²) in [7, 11) is 0. The van der Waals surface area contributed by atoms with Crippen molar-refractivity contribution < 1.29 is 15.3 Å². The van der Waals surface area contributed by atoms with Gasteiger partial charge in [-0.1, -0.05) is 53.9 Å². The third kappa shape index (κ3) is 3.69. The first-order valence-corrected chi connectivity index (χ1v) is 13.2.